The van der Waals surface area contributed by atoms with Crippen LogP contribution >= 0.6 is 23.1 Å². The van der Waals surface area contributed by atoms with Crippen LogP contribution in [-0.4, -0.2) is 35.4 Å². The average molecular weight is 472 g/mol. The van der Waals surface area contributed by atoms with Crippen molar-refractivity contribution < 1.29 is 18.7 Å². The third kappa shape index (κ3) is 4.32. The molecule has 0 aliphatic carbocycles. The smallest absolute Gasteiger partial charge is 0.276 e. The highest BCUT2D eigenvalue weighted by Crippen LogP contribution is 2.30. The van der Waals surface area contributed by atoms with Crippen molar-refractivity contribution in [3.8, 4) is 17.2 Å². The van der Waals surface area contributed by atoms with Gasteiger partial charge in [-0.25, -0.2) is 9.37 Å². The van der Waals surface area contributed by atoms with Gasteiger partial charge >= 0.3 is 0 Å². The summed E-state index contributed by atoms with van der Waals surface area (Å²) in [5.74, 6) is 0.0784. The van der Waals surface area contributed by atoms with E-state index in [2.05, 4.69) is 10.3 Å². The number of benzene rings is 2. The van der Waals surface area contributed by atoms with E-state index in [1.54, 1.807) is 41.8 Å². The summed E-state index contributed by atoms with van der Waals surface area (Å²) in [6.07, 6.45) is 0. The van der Waals surface area contributed by atoms with Crippen LogP contribution < -0.4 is 20.3 Å². The molecule has 2 heterocycles. The van der Waals surface area contributed by atoms with Crippen molar-refractivity contribution in [3.05, 3.63) is 70.1 Å². The molecule has 2 aromatic heterocycles. The molecule has 2 aromatic carbocycles. The van der Waals surface area contributed by atoms with Gasteiger partial charge in [-0.3, -0.25) is 14.2 Å². The average Bonchev–Trinajstić information content (AvgIpc) is 3.27. The Balaban J connectivity index is 1.64. The fraction of sp³-hybridized carbons (Fsp3) is 0.136. The van der Waals surface area contributed by atoms with E-state index in [0.717, 1.165) is 11.8 Å². The molecule has 0 spiro atoms. The van der Waals surface area contributed by atoms with Crippen LogP contribution in [0.3, 0.4) is 0 Å². The SMILES string of the molecule is COc1ccc(OC)c(NC(=O)CSc2nc3ccsc3c(=O)n2-c2ccccc2F)c1. The molecule has 0 saturated heterocycles. The van der Waals surface area contributed by atoms with Gasteiger partial charge in [0, 0.05) is 6.07 Å². The molecule has 0 fully saturated rings. The van der Waals surface area contributed by atoms with Gasteiger partial charge in [-0.05, 0) is 35.7 Å². The van der Waals surface area contributed by atoms with E-state index in [4.69, 9.17) is 9.47 Å². The number of aromatic nitrogens is 2. The van der Waals surface area contributed by atoms with Crippen LogP contribution in [0.2, 0.25) is 0 Å². The molecule has 4 aromatic rings. The maximum Gasteiger partial charge on any atom is 0.276 e. The highest BCUT2D eigenvalue weighted by atomic mass is 32.2. The van der Waals surface area contributed by atoms with Crippen LogP contribution in [0.5, 0.6) is 11.5 Å². The predicted octanol–water partition coefficient (Wildman–Crippen LogP) is 4.33. The van der Waals surface area contributed by atoms with Gasteiger partial charge in [0.2, 0.25) is 5.91 Å². The standard InChI is InChI=1S/C22H18FN3O4S2/c1-29-13-7-8-18(30-2)16(11-13)24-19(27)12-32-22-25-15-9-10-31-20(15)21(28)26(22)17-6-4-3-5-14(17)23/h3-11H,12H2,1-2H3,(H,24,27). The molecule has 10 heteroatoms. The Kier molecular flexibility index (Phi) is 6.42. The van der Waals surface area contributed by atoms with Crippen molar-refractivity contribution in [2.24, 2.45) is 0 Å². The minimum atomic E-state index is -0.556. The first kappa shape index (κ1) is 21.8. The summed E-state index contributed by atoms with van der Waals surface area (Å²) in [5.41, 5.74) is 0.653. The van der Waals surface area contributed by atoms with Crippen LogP contribution in [0.1, 0.15) is 0 Å². The number of thiophene rings is 1. The van der Waals surface area contributed by atoms with Gasteiger partial charge in [-0.15, -0.1) is 11.3 Å². The molecule has 0 bridgehead atoms. The molecule has 1 amide bonds. The largest absolute Gasteiger partial charge is 0.497 e. The van der Waals surface area contributed by atoms with Crippen LogP contribution in [0, 0.1) is 5.82 Å². The molecule has 1 N–H and O–H groups in total. The van der Waals surface area contributed by atoms with Crippen LogP contribution in [0.4, 0.5) is 10.1 Å². The zero-order chi connectivity index (χ0) is 22.7. The van der Waals surface area contributed by atoms with Crippen molar-refractivity contribution in [1.82, 2.24) is 9.55 Å². The summed E-state index contributed by atoms with van der Waals surface area (Å²) >= 11 is 2.28. The van der Waals surface area contributed by atoms with Gasteiger partial charge < -0.3 is 14.8 Å². The number of anilines is 1. The van der Waals surface area contributed by atoms with Gasteiger partial charge in [-0.1, -0.05) is 23.9 Å². The van der Waals surface area contributed by atoms with Crippen LogP contribution in [0.25, 0.3) is 15.9 Å². The number of carbonyl (C=O) groups is 1. The van der Waals surface area contributed by atoms with Crippen LogP contribution in [-0.2, 0) is 4.79 Å². The van der Waals surface area contributed by atoms with Gasteiger partial charge in [0.05, 0.1) is 36.9 Å². The molecule has 0 aliphatic heterocycles. The number of amides is 1. The fourth-order valence-electron chi connectivity index (χ4n) is 3.06. The molecule has 0 radical (unpaired) electrons. The minimum absolute atomic E-state index is 0.0586. The van der Waals surface area contributed by atoms with Crippen LogP contribution in [0.15, 0.2) is 63.9 Å². The number of nitrogens with zero attached hydrogens (tertiary/aromatic N) is 2. The molecule has 4 rings (SSSR count). The Bertz CT molecular complexity index is 1350. The van der Waals surface area contributed by atoms with Crippen molar-refractivity contribution in [2.75, 3.05) is 25.3 Å². The number of nitrogens with one attached hydrogen (secondary N) is 1. The van der Waals surface area contributed by atoms with E-state index in [9.17, 15) is 14.0 Å². The predicted molar refractivity (Wildman–Crippen MR) is 124 cm³/mol. The Morgan fingerprint density at radius 3 is 2.75 bits per heavy atom. The van der Waals surface area contributed by atoms with E-state index >= 15 is 0 Å². The zero-order valence-electron chi connectivity index (χ0n) is 17.1. The second-order valence-corrected chi connectivity index (χ2v) is 8.38. The zero-order valence-corrected chi connectivity index (χ0v) is 18.8. The third-order valence-corrected chi connectivity index (χ3v) is 6.39. The molecule has 0 aliphatic rings. The number of hydrogen-bond donors (Lipinski definition) is 1. The first-order valence-electron chi connectivity index (χ1n) is 9.41. The summed E-state index contributed by atoms with van der Waals surface area (Å²) in [7, 11) is 3.02. The number of halogens is 1. The van der Waals surface area contributed by atoms with Crippen molar-refractivity contribution in [3.63, 3.8) is 0 Å². The van der Waals surface area contributed by atoms with E-state index < -0.39 is 5.82 Å². The lowest BCUT2D eigenvalue weighted by Gasteiger charge is -2.14. The maximum absolute atomic E-state index is 14.5. The minimum Gasteiger partial charge on any atom is -0.497 e. The molecule has 32 heavy (non-hydrogen) atoms. The van der Waals surface area contributed by atoms with Crippen molar-refractivity contribution in [2.45, 2.75) is 5.16 Å². The fourth-order valence-corrected chi connectivity index (χ4v) is 4.63. The molecule has 0 atom stereocenters. The number of carbonyl (C=O) groups excluding carboxylic acids is 1. The number of rotatable bonds is 7. The number of para-hydroxylation sites is 1. The van der Waals surface area contributed by atoms with Gasteiger partial charge in [0.15, 0.2) is 5.16 Å². The normalized spacial score (nSPS) is 10.8. The lowest BCUT2D eigenvalue weighted by Crippen LogP contribution is -2.23. The summed E-state index contributed by atoms with van der Waals surface area (Å²) in [6, 6.07) is 12.7. The van der Waals surface area contributed by atoms with Gasteiger partial charge in [-0.2, -0.15) is 0 Å². The van der Waals surface area contributed by atoms with E-state index in [0.29, 0.717) is 27.4 Å². The van der Waals surface area contributed by atoms with E-state index in [1.807, 2.05) is 0 Å². The van der Waals surface area contributed by atoms with E-state index in [1.165, 1.54) is 42.3 Å². The number of hydrogen-bond acceptors (Lipinski definition) is 7. The second kappa shape index (κ2) is 9.41. The van der Waals surface area contributed by atoms with Crippen molar-refractivity contribution in [1.29, 1.82) is 0 Å². The summed E-state index contributed by atoms with van der Waals surface area (Å²) in [5, 5.41) is 4.74. The summed E-state index contributed by atoms with van der Waals surface area (Å²) in [6.45, 7) is 0. The lowest BCUT2D eigenvalue weighted by molar-refractivity contribution is -0.113. The number of fused-ring (bicyclic) bond motifs is 1. The topological polar surface area (TPSA) is 82.5 Å². The second-order valence-electron chi connectivity index (χ2n) is 6.52. The number of ether oxygens (including phenoxy) is 2. The first-order valence-corrected chi connectivity index (χ1v) is 11.3. The van der Waals surface area contributed by atoms with Crippen molar-refractivity contribution >= 4 is 44.9 Å². The molecule has 0 saturated carbocycles. The Morgan fingerprint density at radius 1 is 1.19 bits per heavy atom. The molecular formula is C22H18FN3O4S2. The summed E-state index contributed by atoms with van der Waals surface area (Å²) < 4.78 is 26.6. The highest BCUT2D eigenvalue weighted by Gasteiger charge is 2.18. The Morgan fingerprint density at radius 2 is 2.00 bits per heavy atom. The molecule has 0 unspecified atom stereocenters. The molecule has 164 valence electrons. The lowest BCUT2D eigenvalue weighted by atomic mass is 10.2. The van der Waals surface area contributed by atoms with Gasteiger partial charge in [0.1, 0.15) is 22.0 Å². The Hall–Kier alpha value is -3.37. The summed E-state index contributed by atoms with van der Waals surface area (Å²) in [4.78, 5) is 30.2. The molecular weight excluding hydrogens is 453 g/mol. The highest BCUT2D eigenvalue weighted by molar-refractivity contribution is 7.99. The monoisotopic (exact) mass is 471 g/mol. The Labute approximate surface area is 190 Å². The van der Waals surface area contributed by atoms with Gasteiger partial charge in [0.25, 0.3) is 5.56 Å². The van der Waals surface area contributed by atoms with E-state index in [-0.39, 0.29) is 28.1 Å². The first-order chi connectivity index (χ1) is 15.5. The number of methoxy groups -OCH3 is 2. The quantitative estimate of drug-likeness (QED) is 0.319. The molecule has 7 nitrogen and oxygen atoms in total. The maximum atomic E-state index is 14.5. The number of thioether (sulfide) groups is 1. The third-order valence-electron chi connectivity index (χ3n) is 4.56.